The van der Waals surface area contributed by atoms with Crippen molar-refractivity contribution >= 4 is 23.2 Å². The van der Waals surface area contributed by atoms with E-state index in [1.165, 1.54) is 17.3 Å². The van der Waals surface area contributed by atoms with Crippen molar-refractivity contribution in [3.8, 4) is 17.2 Å². The third-order valence-electron chi connectivity index (χ3n) is 3.41. The number of para-hydroxylation sites is 2. The predicted octanol–water partition coefficient (Wildman–Crippen LogP) is 3.34. The molecule has 8 heteroatoms. The maximum Gasteiger partial charge on any atom is 0.262 e. The summed E-state index contributed by atoms with van der Waals surface area (Å²) in [5.41, 5.74) is 1.16. The van der Waals surface area contributed by atoms with E-state index in [4.69, 9.17) is 21.1 Å². The van der Waals surface area contributed by atoms with Gasteiger partial charge in [0.1, 0.15) is 12.7 Å². The zero-order chi connectivity index (χ0) is 18.4. The van der Waals surface area contributed by atoms with E-state index in [-0.39, 0.29) is 12.5 Å². The maximum atomic E-state index is 12.3. The number of nitrogens with zero attached hydrogens (tertiary/aromatic N) is 3. The Bertz CT molecular complexity index is 884. The van der Waals surface area contributed by atoms with Gasteiger partial charge in [-0.05, 0) is 37.3 Å². The summed E-state index contributed by atoms with van der Waals surface area (Å²) in [5, 5.41) is 7.35. The van der Waals surface area contributed by atoms with Gasteiger partial charge in [0.2, 0.25) is 0 Å². The van der Waals surface area contributed by atoms with Crippen molar-refractivity contribution in [3.05, 3.63) is 60.1 Å². The highest BCUT2D eigenvalue weighted by atomic mass is 35.5. The fraction of sp³-hybridized carbons (Fsp3) is 0.167. The summed E-state index contributed by atoms with van der Waals surface area (Å²) >= 11 is 6.05. The molecule has 0 bridgehead atoms. The van der Waals surface area contributed by atoms with Crippen LogP contribution >= 0.6 is 11.6 Å². The number of carbonyl (C=O) groups is 1. The number of halogens is 1. The standard InChI is InChI=1S/C18H17ClN4O3/c1-2-25-16-5-3-4-6-17(16)26-10-18(24)22-14-9-13(19)7-8-15(14)23-12-20-11-21-23/h3-9,11-12H,2,10H2,1H3,(H,22,24). The first-order valence-corrected chi connectivity index (χ1v) is 8.34. The van der Waals surface area contributed by atoms with Crippen LogP contribution in [0.3, 0.4) is 0 Å². The van der Waals surface area contributed by atoms with Gasteiger partial charge in [0, 0.05) is 5.02 Å². The van der Waals surface area contributed by atoms with Crippen molar-refractivity contribution in [1.29, 1.82) is 0 Å². The highest BCUT2D eigenvalue weighted by Gasteiger charge is 2.12. The second kappa shape index (κ2) is 8.35. The van der Waals surface area contributed by atoms with Gasteiger partial charge in [0.25, 0.3) is 5.91 Å². The monoisotopic (exact) mass is 372 g/mol. The van der Waals surface area contributed by atoms with Gasteiger partial charge in [-0.3, -0.25) is 4.79 Å². The topological polar surface area (TPSA) is 78.3 Å². The van der Waals surface area contributed by atoms with Gasteiger partial charge in [-0.25, -0.2) is 9.67 Å². The molecule has 3 rings (SSSR count). The SMILES string of the molecule is CCOc1ccccc1OCC(=O)Nc1cc(Cl)ccc1-n1cncn1. The Kier molecular flexibility index (Phi) is 5.70. The average Bonchev–Trinajstić information content (AvgIpc) is 3.16. The molecule has 1 aromatic heterocycles. The van der Waals surface area contributed by atoms with Crippen LogP contribution < -0.4 is 14.8 Å². The van der Waals surface area contributed by atoms with Gasteiger partial charge < -0.3 is 14.8 Å². The summed E-state index contributed by atoms with van der Waals surface area (Å²) in [5.74, 6) is 0.765. The lowest BCUT2D eigenvalue weighted by Gasteiger charge is -2.13. The van der Waals surface area contributed by atoms with E-state index in [1.807, 2.05) is 19.1 Å². The lowest BCUT2D eigenvalue weighted by atomic mass is 10.2. The summed E-state index contributed by atoms with van der Waals surface area (Å²) in [7, 11) is 0. The van der Waals surface area contributed by atoms with Gasteiger partial charge in [-0.1, -0.05) is 23.7 Å². The number of anilines is 1. The molecule has 0 aliphatic carbocycles. The number of hydrogen-bond donors (Lipinski definition) is 1. The lowest BCUT2D eigenvalue weighted by molar-refractivity contribution is -0.118. The van der Waals surface area contributed by atoms with Gasteiger partial charge in [-0.2, -0.15) is 5.10 Å². The molecule has 2 aromatic carbocycles. The first-order chi connectivity index (χ1) is 12.7. The van der Waals surface area contributed by atoms with E-state index in [9.17, 15) is 4.79 Å². The number of hydrogen-bond acceptors (Lipinski definition) is 5. The zero-order valence-electron chi connectivity index (χ0n) is 14.1. The number of benzene rings is 2. The number of carbonyl (C=O) groups excluding carboxylic acids is 1. The van der Waals surface area contributed by atoms with E-state index >= 15 is 0 Å². The number of rotatable bonds is 7. The second-order valence-corrected chi connectivity index (χ2v) is 5.65. The number of ether oxygens (including phenoxy) is 2. The fourth-order valence-corrected chi connectivity index (χ4v) is 2.49. The van der Waals surface area contributed by atoms with Gasteiger partial charge in [0.05, 0.1) is 18.0 Å². The summed E-state index contributed by atoms with van der Waals surface area (Å²) in [6, 6.07) is 12.3. The fourth-order valence-electron chi connectivity index (χ4n) is 2.31. The van der Waals surface area contributed by atoms with Crippen LogP contribution in [0.2, 0.25) is 5.02 Å². The van der Waals surface area contributed by atoms with Crippen LogP contribution in [0.15, 0.2) is 55.1 Å². The Morgan fingerprint density at radius 1 is 1.19 bits per heavy atom. The van der Waals surface area contributed by atoms with E-state index in [1.54, 1.807) is 30.3 Å². The van der Waals surface area contributed by atoms with Crippen LogP contribution in [0.5, 0.6) is 11.5 Å². The molecule has 0 aliphatic heterocycles. The molecule has 1 amide bonds. The molecular weight excluding hydrogens is 356 g/mol. The van der Waals surface area contributed by atoms with Crippen LogP contribution in [-0.4, -0.2) is 33.9 Å². The van der Waals surface area contributed by atoms with Crippen molar-refractivity contribution in [1.82, 2.24) is 14.8 Å². The molecule has 0 saturated carbocycles. The summed E-state index contributed by atoms with van der Waals surface area (Å²) < 4.78 is 12.6. The summed E-state index contributed by atoms with van der Waals surface area (Å²) in [6.45, 7) is 2.22. The van der Waals surface area contributed by atoms with Gasteiger partial charge >= 0.3 is 0 Å². The minimum atomic E-state index is -0.333. The molecule has 134 valence electrons. The molecule has 0 atom stereocenters. The molecule has 1 heterocycles. The Morgan fingerprint density at radius 2 is 1.96 bits per heavy atom. The molecule has 0 unspecified atom stereocenters. The minimum Gasteiger partial charge on any atom is -0.490 e. The molecule has 0 radical (unpaired) electrons. The zero-order valence-corrected chi connectivity index (χ0v) is 14.8. The molecule has 0 saturated heterocycles. The summed E-state index contributed by atoms with van der Waals surface area (Å²) in [4.78, 5) is 16.2. The molecule has 3 aromatic rings. The Balaban J connectivity index is 1.70. The van der Waals surface area contributed by atoms with E-state index < -0.39 is 0 Å². The summed E-state index contributed by atoms with van der Waals surface area (Å²) in [6.07, 6.45) is 2.95. The molecule has 0 spiro atoms. The van der Waals surface area contributed by atoms with Crippen molar-refractivity contribution in [2.24, 2.45) is 0 Å². The normalized spacial score (nSPS) is 10.4. The maximum absolute atomic E-state index is 12.3. The van der Waals surface area contributed by atoms with Crippen molar-refractivity contribution < 1.29 is 14.3 Å². The molecule has 7 nitrogen and oxygen atoms in total. The Hall–Kier alpha value is -3.06. The second-order valence-electron chi connectivity index (χ2n) is 5.22. The van der Waals surface area contributed by atoms with Crippen LogP contribution in [0, 0.1) is 0 Å². The minimum absolute atomic E-state index is 0.173. The Morgan fingerprint density at radius 3 is 2.65 bits per heavy atom. The molecule has 0 fully saturated rings. The molecular formula is C18H17ClN4O3. The van der Waals surface area contributed by atoms with E-state index in [2.05, 4.69) is 15.4 Å². The number of nitrogens with one attached hydrogen (secondary N) is 1. The lowest BCUT2D eigenvalue weighted by Crippen LogP contribution is -2.21. The van der Waals surface area contributed by atoms with Crippen molar-refractivity contribution in [3.63, 3.8) is 0 Å². The highest BCUT2D eigenvalue weighted by Crippen LogP contribution is 2.27. The Labute approximate surface area is 155 Å². The number of aromatic nitrogens is 3. The first-order valence-electron chi connectivity index (χ1n) is 7.96. The van der Waals surface area contributed by atoms with Crippen LogP contribution in [0.4, 0.5) is 5.69 Å². The molecule has 1 N–H and O–H groups in total. The third-order valence-corrected chi connectivity index (χ3v) is 3.64. The van der Waals surface area contributed by atoms with Gasteiger partial charge in [0.15, 0.2) is 18.1 Å². The quantitative estimate of drug-likeness (QED) is 0.688. The number of amides is 1. The molecule has 0 aliphatic rings. The van der Waals surface area contributed by atoms with E-state index in [0.29, 0.717) is 34.5 Å². The van der Waals surface area contributed by atoms with Crippen LogP contribution in [0.25, 0.3) is 5.69 Å². The van der Waals surface area contributed by atoms with Crippen LogP contribution in [0.1, 0.15) is 6.92 Å². The smallest absolute Gasteiger partial charge is 0.262 e. The average molecular weight is 373 g/mol. The first kappa shape index (κ1) is 17.8. The van der Waals surface area contributed by atoms with Crippen molar-refractivity contribution in [2.75, 3.05) is 18.5 Å². The highest BCUT2D eigenvalue weighted by molar-refractivity contribution is 6.31. The largest absolute Gasteiger partial charge is 0.490 e. The molecule has 26 heavy (non-hydrogen) atoms. The van der Waals surface area contributed by atoms with Gasteiger partial charge in [-0.15, -0.1) is 0 Å². The predicted molar refractivity (Wildman–Crippen MR) is 98.1 cm³/mol. The van der Waals surface area contributed by atoms with Crippen molar-refractivity contribution in [2.45, 2.75) is 6.92 Å². The third kappa shape index (κ3) is 4.31. The van der Waals surface area contributed by atoms with Crippen LogP contribution in [-0.2, 0) is 4.79 Å². The van der Waals surface area contributed by atoms with E-state index in [0.717, 1.165) is 0 Å².